The van der Waals surface area contributed by atoms with Gasteiger partial charge in [-0.3, -0.25) is 4.99 Å². The molecule has 0 aromatic heterocycles. The minimum absolute atomic E-state index is 0.798. The maximum atomic E-state index is 5.03. The predicted molar refractivity (Wildman–Crippen MR) is 35.6 cm³/mol. The third-order valence-corrected chi connectivity index (χ3v) is 0.781. The fourth-order valence-electron chi connectivity index (χ4n) is 0.325. The van der Waals surface area contributed by atoms with Crippen LogP contribution in [0.25, 0.3) is 0 Å². The van der Waals surface area contributed by atoms with Gasteiger partial charge < -0.3 is 5.43 Å². The summed E-state index contributed by atoms with van der Waals surface area (Å²) in [6.45, 7) is 4.78. The Morgan fingerprint density at radius 1 is 1.75 bits per heavy atom. The fraction of sp³-hybridized carbons (Fsp3) is 0.800. The van der Waals surface area contributed by atoms with Crippen LogP contribution in [0.4, 0.5) is 0 Å². The number of hydrazine groups is 1. The number of nitrogens with zero attached hydrogens (tertiary/aromatic N) is 1. The zero-order valence-electron chi connectivity index (χ0n) is 5.44. The van der Waals surface area contributed by atoms with Gasteiger partial charge in [0, 0.05) is 6.54 Å². The zero-order chi connectivity index (χ0) is 6.41. The van der Waals surface area contributed by atoms with Gasteiger partial charge in [-0.1, -0.05) is 6.92 Å². The van der Waals surface area contributed by atoms with Crippen molar-refractivity contribution in [2.75, 3.05) is 6.54 Å². The molecule has 0 atom stereocenters. The van der Waals surface area contributed by atoms with Crippen LogP contribution in [0, 0.1) is 0 Å². The molecule has 0 unspecified atom stereocenters. The van der Waals surface area contributed by atoms with E-state index in [0.717, 1.165) is 18.8 Å². The van der Waals surface area contributed by atoms with E-state index in [0.29, 0.717) is 0 Å². The third-order valence-electron chi connectivity index (χ3n) is 0.781. The normalized spacial score (nSPS) is 11.6. The quantitative estimate of drug-likeness (QED) is 0.235. The number of nitrogens with one attached hydrogen (secondary N) is 1. The Labute approximate surface area is 50.0 Å². The van der Waals surface area contributed by atoms with Gasteiger partial charge in [0.15, 0.2) is 0 Å². The highest BCUT2D eigenvalue weighted by molar-refractivity contribution is 5.78. The molecule has 0 aliphatic rings. The first-order valence-electron chi connectivity index (χ1n) is 2.79. The number of hydrogen-bond acceptors (Lipinski definition) is 2. The van der Waals surface area contributed by atoms with Crippen molar-refractivity contribution in [3.05, 3.63) is 0 Å². The summed E-state index contributed by atoms with van der Waals surface area (Å²) in [7, 11) is 0. The van der Waals surface area contributed by atoms with Gasteiger partial charge >= 0.3 is 0 Å². The molecule has 0 aromatic rings. The second-order valence-corrected chi connectivity index (χ2v) is 1.61. The first-order chi connectivity index (χ1) is 3.81. The van der Waals surface area contributed by atoms with Gasteiger partial charge in [0.25, 0.3) is 0 Å². The van der Waals surface area contributed by atoms with Gasteiger partial charge in [0.1, 0.15) is 5.84 Å². The lowest BCUT2D eigenvalue weighted by molar-refractivity contribution is 0.904. The smallest absolute Gasteiger partial charge is 0.107 e. The van der Waals surface area contributed by atoms with E-state index in [4.69, 9.17) is 5.84 Å². The van der Waals surface area contributed by atoms with Gasteiger partial charge in [-0.2, -0.15) is 0 Å². The van der Waals surface area contributed by atoms with Crippen LogP contribution in [0.2, 0.25) is 0 Å². The average molecular weight is 115 g/mol. The lowest BCUT2D eigenvalue weighted by Crippen LogP contribution is -2.27. The van der Waals surface area contributed by atoms with E-state index in [1.165, 1.54) is 0 Å². The molecule has 0 spiro atoms. The molecule has 0 aromatic carbocycles. The van der Waals surface area contributed by atoms with Crippen molar-refractivity contribution in [2.24, 2.45) is 10.8 Å². The molecule has 0 bridgehead atoms. The van der Waals surface area contributed by atoms with E-state index in [1.807, 2.05) is 6.92 Å². The molecule has 48 valence electrons. The molecule has 0 aliphatic heterocycles. The number of rotatable bonds is 2. The molecular weight excluding hydrogens is 102 g/mol. The standard InChI is InChI=1S/C5H13N3/c1-3-4-7-5(2)8-6/h3-4,6H2,1-2H3,(H,7,8). The van der Waals surface area contributed by atoms with Crippen molar-refractivity contribution in [3.63, 3.8) is 0 Å². The summed E-state index contributed by atoms with van der Waals surface area (Å²) in [5.41, 5.74) is 2.45. The highest BCUT2D eigenvalue weighted by Crippen LogP contribution is 1.76. The Morgan fingerprint density at radius 3 is 2.75 bits per heavy atom. The molecule has 0 fully saturated rings. The summed E-state index contributed by atoms with van der Waals surface area (Å²) in [5, 5.41) is 0. The first-order valence-corrected chi connectivity index (χ1v) is 2.79. The van der Waals surface area contributed by atoms with Crippen LogP contribution >= 0.6 is 0 Å². The number of hydrogen-bond donors (Lipinski definition) is 2. The second kappa shape index (κ2) is 4.59. The lowest BCUT2D eigenvalue weighted by Gasteiger charge is -1.94. The average Bonchev–Trinajstić information content (AvgIpc) is 1.83. The summed E-state index contributed by atoms with van der Waals surface area (Å²) < 4.78 is 0. The van der Waals surface area contributed by atoms with Crippen LogP contribution in [-0.4, -0.2) is 12.4 Å². The molecule has 0 saturated carbocycles. The second-order valence-electron chi connectivity index (χ2n) is 1.61. The van der Waals surface area contributed by atoms with Gasteiger partial charge in [0.2, 0.25) is 0 Å². The Balaban J connectivity index is 3.26. The Bertz CT molecular complexity index is 77.7. The highest BCUT2D eigenvalue weighted by Gasteiger charge is 1.79. The molecule has 0 heterocycles. The van der Waals surface area contributed by atoms with E-state index in [9.17, 15) is 0 Å². The summed E-state index contributed by atoms with van der Waals surface area (Å²) in [6.07, 6.45) is 1.07. The number of amidine groups is 1. The highest BCUT2D eigenvalue weighted by atomic mass is 15.2. The van der Waals surface area contributed by atoms with Gasteiger partial charge in [-0.15, -0.1) is 0 Å². The summed E-state index contributed by atoms with van der Waals surface area (Å²) >= 11 is 0. The number of nitrogens with two attached hydrogens (primary N) is 1. The van der Waals surface area contributed by atoms with Crippen LogP contribution in [0.15, 0.2) is 4.99 Å². The van der Waals surface area contributed by atoms with Crippen LogP contribution in [0.5, 0.6) is 0 Å². The topological polar surface area (TPSA) is 50.4 Å². The number of aliphatic imine (C=N–C) groups is 1. The van der Waals surface area contributed by atoms with Crippen molar-refractivity contribution < 1.29 is 0 Å². The molecule has 0 aliphatic carbocycles. The Hall–Kier alpha value is -0.570. The molecule has 3 nitrogen and oxygen atoms in total. The van der Waals surface area contributed by atoms with Crippen LogP contribution in [0.1, 0.15) is 20.3 Å². The fourth-order valence-corrected chi connectivity index (χ4v) is 0.325. The van der Waals surface area contributed by atoms with E-state index in [-0.39, 0.29) is 0 Å². The Kier molecular flexibility index (Phi) is 4.26. The third kappa shape index (κ3) is 3.61. The van der Waals surface area contributed by atoms with Crippen molar-refractivity contribution in [1.29, 1.82) is 0 Å². The molecular formula is C5H13N3. The monoisotopic (exact) mass is 115 g/mol. The molecule has 0 radical (unpaired) electrons. The van der Waals surface area contributed by atoms with Gasteiger partial charge in [-0.05, 0) is 13.3 Å². The van der Waals surface area contributed by atoms with Gasteiger partial charge in [0.05, 0.1) is 0 Å². The molecule has 0 saturated heterocycles. The van der Waals surface area contributed by atoms with Crippen LogP contribution in [0.3, 0.4) is 0 Å². The molecule has 3 heteroatoms. The minimum atomic E-state index is 0.798. The maximum absolute atomic E-state index is 5.03. The Morgan fingerprint density at radius 2 is 2.38 bits per heavy atom. The summed E-state index contributed by atoms with van der Waals surface area (Å²) in [4.78, 5) is 4.04. The van der Waals surface area contributed by atoms with Crippen molar-refractivity contribution in [2.45, 2.75) is 20.3 Å². The van der Waals surface area contributed by atoms with E-state index >= 15 is 0 Å². The van der Waals surface area contributed by atoms with Crippen molar-refractivity contribution >= 4 is 5.84 Å². The molecule has 3 N–H and O–H groups in total. The molecule has 8 heavy (non-hydrogen) atoms. The van der Waals surface area contributed by atoms with Crippen molar-refractivity contribution in [1.82, 2.24) is 5.43 Å². The summed E-state index contributed by atoms with van der Waals surface area (Å²) in [5.74, 6) is 5.83. The minimum Gasteiger partial charge on any atom is -0.313 e. The summed E-state index contributed by atoms with van der Waals surface area (Å²) in [6, 6.07) is 0. The van der Waals surface area contributed by atoms with Gasteiger partial charge in [-0.25, -0.2) is 5.84 Å². The van der Waals surface area contributed by atoms with Crippen molar-refractivity contribution in [3.8, 4) is 0 Å². The van der Waals surface area contributed by atoms with E-state index in [1.54, 1.807) is 0 Å². The predicted octanol–water partition coefficient (Wildman–Crippen LogP) is 0.278. The van der Waals surface area contributed by atoms with E-state index in [2.05, 4.69) is 17.3 Å². The SMILES string of the molecule is CCCN=C(C)NN. The zero-order valence-corrected chi connectivity index (χ0v) is 5.44. The van der Waals surface area contributed by atoms with E-state index < -0.39 is 0 Å². The first kappa shape index (κ1) is 7.43. The molecule has 0 rings (SSSR count). The maximum Gasteiger partial charge on any atom is 0.107 e. The van der Waals surface area contributed by atoms with Crippen LogP contribution < -0.4 is 11.3 Å². The largest absolute Gasteiger partial charge is 0.313 e. The lowest BCUT2D eigenvalue weighted by atomic mass is 10.5. The molecule has 0 amide bonds. The van der Waals surface area contributed by atoms with Crippen LogP contribution in [-0.2, 0) is 0 Å².